The summed E-state index contributed by atoms with van der Waals surface area (Å²) in [5.41, 5.74) is 5.40. The summed E-state index contributed by atoms with van der Waals surface area (Å²) in [4.78, 5) is 14.7. The third-order valence-electron chi connectivity index (χ3n) is 5.99. The molecular formula is C23H28N2O2. The molecule has 4 rings (SSSR count). The average Bonchev–Trinajstić information content (AvgIpc) is 3.11. The van der Waals surface area contributed by atoms with Crippen molar-refractivity contribution in [2.45, 2.75) is 38.6 Å². The molecule has 1 amide bonds. The zero-order valence-electron chi connectivity index (χ0n) is 16.3. The molecule has 1 saturated heterocycles. The van der Waals surface area contributed by atoms with E-state index in [-0.39, 0.29) is 5.91 Å². The Kier molecular flexibility index (Phi) is 5.17. The first-order valence-corrected chi connectivity index (χ1v) is 9.98. The molecular weight excluding hydrogens is 336 g/mol. The third-order valence-corrected chi connectivity index (χ3v) is 5.99. The highest BCUT2D eigenvalue weighted by atomic mass is 16.5. The monoisotopic (exact) mass is 364 g/mol. The second-order valence-corrected chi connectivity index (χ2v) is 7.69. The Morgan fingerprint density at radius 2 is 2.00 bits per heavy atom. The molecule has 1 N–H and O–H groups in total. The highest BCUT2D eigenvalue weighted by molar-refractivity contribution is 5.98. The van der Waals surface area contributed by atoms with Gasteiger partial charge in [0.1, 0.15) is 5.75 Å². The number of hydrogen-bond acceptors (Lipinski definition) is 3. The van der Waals surface area contributed by atoms with Crippen molar-refractivity contribution in [3.8, 4) is 16.9 Å². The van der Waals surface area contributed by atoms with Gasteiger partial charge < -0.3 is 15.0 Å². The number of benzene rings is 2. The molecule has 4 heteroatoms. The number of hydrogen-bond donors (Lipinski definition) is 1. The van der Waals surface area contributed by atoms with Crippen LogP contribution in [-0.4, -0.2) is 43.6 Å². The summed E-state index contributed by atoms with van der Waals surface area (Å²) < 4.78 is 5.58. The quantitative estimate of drug-likeness (QED) is 0.880. The van der Waals surface area contributed by atoms with E-state index in [9.17, 15) is 4.79 Å². The molecule has 2 aliphatic rings. The molecule has 1 unspecified atom stereocenters. The standard InChI is InChI=1S/C23H28N2O2/c1-16-4-3-12-25(16)13-10-17-5-7-18(8-6-17)20-14-19-9-11-24-23(26)21(19)15-22(20)27-2/h5-8,14-16H,3-4,9-13H2,1-2H3,(H,24,26). The van der Waals surface area contributed by atoms with E-state index in [4.69, 9.17) is 4.74 Å². The summed E-state index contributed by atoms with van der Waals surface area (Å²) in [6.45, 7) is 5.40. The SMILES string of the molecule is COc1cc2c(cc1-c1ccc(CCN3CCCC3C)cc1)CCNC2=O. The highest BCUT2D eigenvalue weighted by Crippen LogP contribution is 2.34. The van der Waals surface area contributed by atoms with E-state index in [0.29, 0.717) is 6.54 Å². The molecule has 0 spiro atoms. The van der Waals surface area contributed by atoms with Crippen molar-refractivity contribution >= 4 is 5.91 Å². The van der Waals surface area contributed by atoms with Crippen LogP contribution in [0, 0.1) is 0 Å². The molecule has 1 fully saturated rings. The number of rotatable bonds is 5. The normalized spacial score (nSPS) is 19.6. The topological polar surface area (TPSA) is 41.6 Å². The van der Waals surface area contributed by atoms with Gasteiger partial charge in [0.2, 0.25) is 0 Å². The second-order valence-electron chi connectivity index (χ2n) is 7.69. The minimum Gasteiger partial charge on any atom is -0.496 e. The first kappa shape index (κ1) is 18.1. The fourth-order valence-electron chi connectivity index (χ4n) is 4.29. The van der Waals surface area contributed by atoms with Gasteiger partial charge in [-0.2, -0.15) is 0 Å². The maximum absolute atomic E-state index is 12.1. The van der Waals surface area contributed by atoms with E-state index in [1.165, 1.54) is 24.9 Å². The molecule has 2 heterocycles. The Morgan fingerprint density at radius 3 is 2.70 bits per heavy atom. The summed E-state index contributed by atoms with van der Waals surface area (Å²) in [6.07, 6.45) is 4.61. The smallest absolute Gasteiger partial charge is 0.251 e. The lowest BCUT2D eigenvalue weighted by atomic mass is 9.93. The average molecular weight is 364 g/mol. The minimum absolute atomic E-state index is 0.00686. The lowest BCUT2D eigenvalue weighted by Gasteiger charge is -2.21. The molecule has 0 radical (unpaired) electrons. The summed E-state index contributed by atoms with van der Waals surface area (Å²) in [5.74, 6) is 0.747. The molecule has 2 aromatic rings. The number of nitrogens with one attached hydrogen (secondary N) is 1. The molecule has 0 saturated carbocycles. The molecule has 0 bridgehead atoms. The van der Waals surface area contributed by atoms with Crippen LogP contribution < -0.4 is 10.1 Å². The van der Waals surface area contributed by atoms with Crippen molar-refractivity contribution in [3.05, 3.63) is 53.1 Å². The number of carbonyl (C=O) groups is 1. The van der Waals surface area contributed by atoms with Crippen molar-refractivity contribution in [3.63, 3.8) is 0 Å². The van der Waals surface area contributed by atoms with Gasteiger partial charge in [-0.15, -0.1) is 0 Å². The lowest BCUT2D eigenvalue weighted by molar-refractivity contribution is 0.0945. The van der Waals surface area contributed by atoms with E-state index in [1.807, 2.05) is 6.07 Å². The van der Waals surface area contributed by atoms with Crippen LogP contribution in [0.25, 0.3) is 11.1 Å². The van der Waals surface area contributed by atoms with Gasteiger partial charge in [-0.25, -0.2) is 0 Å². The summed E-state index contributed by atoms with van der Waals surface area (Å²) in [5, 5.41) is 2.90. The lowest BCUT2D eigenvalue weighted by Crippen LogP contribution is -2.31. The van der Waals surface area contributed by atoms with Crippen LogP contribution in [0.1, 0.15) is 41.3 Å². The van der Waals surface area contributed by atoms with Crippen LogP contribution in [0.3, 0.4) is 0 Å². The number of carbonyl (C=O) groups excluding carboxylic acids is 1. The Hall–Kier alpha value is -2.33. The van der Waals surface area contributed by atoms with Crippen molar-refractivity contribution in [2.24, 2.45) is 0 Å². The van der Waals surface area contributed by atoms with E-state index < -0.39 is 0 Å². The molecule has 2 aliphatic heterocycles. The Morgan fingerprint density at radius 1 is 1.19 bits per heavy atom. The molecule has 2 aromatic carbocycles. The van der Waals surface area contributed by atoms with Crippen molar-refractivity contribution < 1.29 is 9.53 Å². The molecule has 4 nitrogen and oxygen atoms in total. The van der Waals surface area contributed by atoms with E-state index in [1.54, 1.807) is 7.11 Å². The Bertz CT molecular complexity index is 829. The summed E-state index contributed by atoms with van der Waals surface area (Å²) >= 11 is 0. The van der Waals surface area contributed by atoms with Crippen molar-refractivity contribution in [1.29, 1.82) is 0 Å². The minimum atomic E-state index is -0.00686. The van der Waals surface area contributed by atoms with Gasteiger partial charge >= 0.3 is 0 Å². The molecule has 1 atom stereocenters. The van der Waals surface area contributed by atoms with Gasteiger partial charge in [-0.05, 0) is 68.0 Å². The highest BCUT2D eigenvalue weighted by Gasteiger charge is 2.21. The van der Waals surface area contributed by atoms with Crippen molar-refractivity contribution in [2.75, 3.05) is 26.7 Å². The molecule has 142 valence electrons. The number of methoxy groups -OCH3 is 1. The predicted molar refractivity (Wildman–Crippen MR) is 108 cm³/mol. The van der Waals surface area contributed by atoms with Gasteiger partial charge in [-0.3, -0.25) is 4.79 Å². The predicted octanol–water partition coefficient (Wildman–Crippen LogP) is 3.67. The number of fused-ring (bicyclic) bond motifs is 1. The third kappa shape index (κ3) is 3.72. The van der Waals surface area contributed by atoms with Gasteiger partial charge in [-0.1, -0.05) is 24.3 Å². The Balaban J connectivity index is 1.54. The zero-order chi connectivity index (χ0) is 18.8. The van der Waals surface area contributed by atoms with E-state index >= 15 is 0 Å². The first-order valence-electron chi connectivity index (χ1n) is 9.98. The second kappa shape index (κ2) is 7.73. The zero-order valence-corrected chi connectivity index (χ0v) is 16.3. The number of ether oxygens (including phenoxy) is 1. The largest absolute Gasteiger partial charge is 0.496 e. The number of amides is 1. The van der Waals surface area contributed by atoms with Crippen LogP contribution in [-0.2, 0) is 12.8 Å². The fraction of sp³-hybridized carbons (Fsp3) is 0.435. The molecule has 0 aromatic heterocycles. The van der Waals surface area contributed by atoms with Crippen LogP contribution in [0.2, 0.25) is 0 Å². The number of nitrogens with zero attached hydrogens (tertiary/aromatic N) is 1. The summed E-state index contributed by atoms with van der Waals surface area (Å²) in [7, 11) is 1.66. The van der Waals surface area contributed by atoms with Crippen LogP contribution >= 0.6 is 0 Å². The number of likely N-dealkylation sites (tertiary alicyclic amines) is 1. The van der Waals surface area contributed by atoms with E-state index in [0.717, 1.165) is 53.4 Å². The van der Waals surface area contributed by atoms with Gasteiger partial charge in [0.05, 0.1) is 7.11 Å². The van der Waals surface area contributed by atoms with Crippen LogP contribution in [0.4, 0.5) is 0 Å². The van der Waals surface area contributed by atoms with Gasteiger partial charge in [0.15, 0.2) is 0 Å². The fourth-order valence-corrected chi connectivity index (χ4v) is 4.29. The Labute approximate surface area is 161 Å². The van der Waals surface area contributed by atoms with Crippen molar-refractivity contribution in [1.82, 2.24) is 10.2 Å². The summed E-state index contributed by atoms with van der Waals surface area (Å²) in [6, 6.07) is 13.5. The maximum atomic E-state index is 12.1. The first-order chi connectivity index (χ1) is 13.2. The van der Waals surface area contributed by atoms with Gasteiger partial charge in [0, 0.05) is 30.3 Å². The molecule has 0 aliphatic carbocycles. The van der Waals surface area contributed by atoms with Gasteiger partial charge in [0.25, 0.3) is 5.91 Å². The maximum Gasteiger partial charge on any atom is 0.251 e. The molecule has 27 heavy (non-hydrogen) atoms. The van der Waals surface area contributed by atoms with Crippen LogP contribution in [0.15, 0.2) is 36.4 Å². The van der Waals surface area contributed by atoms with Crippen LogP contribution in [0.5, 0.6) is 5.75 Å². The van der Waals surface area contributed by atoms with E-state index in [2.05, 4.69) is 47.5 Å².